The molecule has 0 spiro atoms. The summed E-state index contributed by atoms with van der Waals surface area (Å²) in [5.41, 5.74) is 3.73. The molecule has 2 aromatic carbocycles. The molecule has 4 aromatic rings. The van der Waals surface area contributed by atoms with Gasteiger partial charge in [0.05, 0.1) is 39.9 Å². The summed E-state index contributed by atoms with van der Waals surface area (Å²) in [4.78, 5) is 18.1. The maximum absolute atomic E-state index is 13.5. The molecule has 5 rings (SSSR count). The number of carbonyl (C=O) groups excluding carboxylic acids is 1. The minimum absolute atomic E-state index is 0.00964. The first-order valence-corrected chi connectivity index (χ1v) is 13.3. The van der Waals surface area contributed by atoms with Crippen molar-refractivity contribution in [3.05, 3.63) is 83.3 Å². The summed E-state index contributed by atoms with van der Waals surface area (Å²) in [5, 5.41) is 8.19. The lowest BCUT2D eigenvalue weighted by Gasteiger charge is -2.12. The van der Waals surface area contributed by atoms with Crippen molar-refractivity contribution in [1.29, 1.82) is 0 Å². The van der Waals surface area contributed by atoms with E-state index in [0.717, 1.165) is 5.56 Å². The number of benzene rings is 2. The van der Waals surface area contributed by atoms with Crippen molar-refractivity contribution in [2.45, 2.75) is 25.8 Å². The van der Waals surface area contributed by atoms with E-state index in [-0.39, 0.29) is 29.3 Å². The molecule has 3 heterocycles. The molecule has 1 atom stereocenters. The van der Waals surface area contributed by atoms with Crippen molar-refractivity contribution in [3.8, 4) is 11.3 Å². The number of carbonyl (C=O) groups is 1. The molecule has 7 nitrogen and oxygen atoms in total. The van der Waals surface area contributed by atoms with Crippen LogP contribution < -0.4 is 5.32 Å². The summed E-state index contributed by atoms with van der Waals surface area (Å²) in [7, 11) is -3.14. The maximum Gasteiger partial charge on any atom is 0.252 e. The van der Waals surface area contributed by atoms with E-state index in [1.807, 2.05) is 30.3 Å². The lowest BCUT2D eigenvalue weighted by atomic mass is 10.0. The van der Waals surface area contributed by atoms with Gasteiger partial charge < -0.3 is 5.32 Å². The van der Waals surface area contributed by atoms with Gasteiger partial charge in [-0.1, -0.05) is 30.3 Å². The number of hydrogen-bond acceptors (Lipinski definition) is 5. The first kappa shape index (κ1) is 23.2. The van der Waals surface area contributed by atoms with Gasteiger partial charge in [0, 0.05) is 12.1 Å². The van der Waals surface area contributed by atoms with Gasteiger partial charge in [-0.25, -0.2) is 22.5 Å². The van der Waals surface area contributed by atoms with E-state index in [1.165, 1.54) is 12.1 Å². The largest absolute Gasteiger partial charge is 0.352 e. The van der Waals surface area contributed by atoms with E-state index >= 15 is 0 Å². The normalized spacial score (nSPS) is 17.0. The number of sulfone groups is 1. The van der Waals surface area contributed by atoms with Crippen LogP contribution in [0.4, 0.5) is 4.39 Å². The zero-order chi connectivity index (χ0) is 24.6. The third-order valence-corrected chi connectivity index (χ3v) is 8.07. The van der Waals surface area contributed by atoms with Crippen LogP contribution in [0, 0.1) is 12.7 Å². The van der Waals surface area contributed by atoms with Crippen molar-refractivity contribution in [1.82, 2.24) is 20.1 Å². The third kappa shape index (κ3) is 4.81. The van der Waals surface area contributed by atoms with Crippen molar-refractivity contribution in [2.75, 3.05) is 18.1 Å². The van der Waals surface area contributed by atoms with Crippen LogP contribution in [-0.4, -0.2) is 47.1 Å². The predicted octanol–water partition coefficient (Wildman–Crippen LogP) is 3.88. The molecule has 0 saturated carbocycles. The van der Waals surface area contributed by atoms with E-state index < -0.39 is 9.84 Å². The smallest absolute Gasteiger partial charge is 0.252 e. The Bertz CT molecular complexity index is 1500. The highest BCUT2D eigenvalue weighted by molar-refractivity contribution is 7.91. The molecule has 1 N–H and O–H groups in total. The molecule has 0 radical (unpaired) electrons. The summed E-state index contributed by atoms with van der Waals surface area (Å²) in [5.74, 6) is -0.545. The van der Waals surface area contributed by atoms with Gasteiger partial charge in [0.1, 0.15) is 5.82 Å². The first-order chi connectivity index (χ1) is 16.8. The number of halogens is 1. The van der Waals surface area contributed by atoms with Crippen molar-refractivity contribution >= 4 is 26.8 Å². The lowest BCUT2D eigenvalue weighted by Crippen LogP contribution is -2.26. The highest BCUT2D eigenvalue weighted by Gasteiger charge is 2.32. The van der Waals surface area contributed by atoms with Crippen molar-refractivity contribution in [2.24, 2.45) is 0 Å². The Kier molecular flexibility index (Phi) is 6.10. The molecule has 0 aliphatic carbocycles. The van der Waals surface area contributed by atoms with Crippen LogP contribution >= 0.6 is 0 Å². The highest BCUT2D eigenvalue weighted by Crippen LogP contribution is 2.32. The van der Waals surface area contributed by atoms with Crippen LogP contribution in [-0.2, 0) is 16.3 Å². The molecule has 0 unspecified atom stereocenters. The Labute approximate surface area is 202 Å². The number of nitrogens with one attached hydrogen (secondary N) is 1. The van der Waals surface area contributed by atoms with Gasteiger partial charge in [-0.15, -0.1) is 0 Å². The Balaban J connectivity index is 1.55. The number of nitrogens with zero attached hydrogens (tertiary/aromatic N) is 3. The average molecular weight is 493 g/mol. The fourth-order valence-corrected chi connectivity index (χ4v) is 6.24. The molecule has 35 heavy (non-hydrogen) atoms. The Hall–Kier alpha value is -3.59. The summed E-state index contributed by atoms with van der Waals surface area (Å²) in [6.07, 6.45) is 1.13. The molecular formula is C26H25FN4O3S. The van der Waals surface area contributed by atoms with Gasteiger partial charge in [0.25, 0.3) is 5.91 Å². The summed E-state index contributed by atoms with van der Waals surface area (Å²) < 4.78 is 39.4. The molecule has 1 aliphatic rings. The van der Waals surface area contributed by atoms with Crippen LogP contribution in [0.3, 0.4) is 0 Å². The molecule has 2 aromatic heterocycles. The van der Waals surface area contributed by atoms with Crippen molar-refractivity contribution < 1.29 is 17.6 Å². The van der Waals surface area contributed by atoms with E-state index in [1.54, 1.807) is 29.8 Å². The molecule has 0 bridgehead atoms. The second-order valence-corrected chi connectivity index (χ2v) is 11.1. The van der Waals surface area contributed by atoms with Crippen LogP contribution in [0.2, 0.25) is 0 Å². The number of aromatic nitrogens is 3. The number of aryl methyl sites for hydroxylation is 1. The fraction of sp³-hybridized carbons (Fsp3) is 0.269. The SMILES string of the molecule is Cc1nn([C@H]2CCS(=O)(=O)C2)c2nc(-c3ccc(F)cc3)cc(C(=O)NCCc3ccccc3)c12. The van der Waals surface area contributed by atoms with Gasteiger partial charge in [-0.3, -0.25) is 4.79 Å². The fourth-order valence-electron chi connectivity index (χ4n) is 4.54. The molecule has 1 aliphatic heterocycles. The van der Waals surface area contributed by atoms with E-state index in [0.29, 0.717) is 52.9 Å². The quantitative estimate of drug-likeness (QED) is 0.441. The van der Waals surface area contributed by atoms with Crippen LogP contribution in [0.5, 0.6) is 0 Å². The van der Waals surface area contributed by atoms with Crippen LogP contribution in [0.15, 0.2) is 60.7 Å². The maximum atomic E-state index is 13.5. The second kappa shape index (κ2) is 9.22. The highest BCUT2D eigenvalue weighted by atomic mass is 32.2. The van der Waals surface area contributed by atoms with Gasteiger partial charge >= 0.3 is 0 Å². The molecule has 1 fully saturated rings. The number of fused-ring (bicyclic) bond motifs is 1. The zero-order valence-electron chi connectivity index (χ0n) is 19.2. The standard InChI is InChI=1S/C26H25FN4O3S/c1-17-24-22(26(32)28-13-11-18-5-3-2-4-6-18)15-23(19-7-9-20(27)10-8-19)29-25(24)31(30-17)21-12-14-35(33,34)16-21/h2-10,15,21H,11-14,16H2,1H3,(H,28,32)/t21-/m0/s1. The second-order valence-electron chi connectivity index (χ2n) is 8.84. The number of hydrogen-bond donors (Lipinski definition) is 1. The Morgan fingerprint density at radius 2 is 1.89 bits per heavy atom. The first-order valence-electron chi connectivity index (χ1n) is 11.5. The van der Waals surface area contributed by atoms with E-state index in [2.05, 4.69) is 10.4 Å². The lowest BCUT2D eigenvalue weighted by molar-refractivity contribution is 0.0955. The van der Waals surface area contributed by atoms with Crippen molar-refractivity contribution in [3.63, 3.8) is 0 Å². The third-order valence-electron chi connectivity index (χ3n) is 6.32. The predicted molar refractivity (Wildman–Crippen MR) is 132 cm³/mol. The Morgan fingerprint density at radius 1 is 1.14 bits per heavy atom. The van der Waals surface area contributed by atoms with E-state index in [4.69, 9.17) is 4.98 Å². The summed E-state index contributed by atoms with van der Waals surface area (Å²) in [6.45, 7) is 2.24. The molecule has 9 heteroatoms. The number of rotatable bonds is 6. The minimum Gasteiger partial charge on any atom is -0.352 e. The molecule has 1 saturated heterocycles. The zero-order valence-corrected chi connectivity index (χ0v) is 20.1. The van der Waals surface area contributed by atoms with Gasteiger partial charge in [0.15, 0.2) is 15.5 Å². The van der Waals surface area contributed by atoms with Gasteiger partial charge in [-0.05, 0) is 55.7 Å². The molecule has 180 valence electrons. The van der Waals surface area contributed by atoms with Crippen LogP contribution in [0.1, 0.15) is 34.1 Å². The average Bonchev–Trinajstić information content (AvgIpc) is 3.38. The molecule has 1 amide bonds. The molecular weight excluding hydrogens is 467 g/mol. The number of pyridine rings is 1. The van der Waals surface area contributed by atoms with E-state index in [9.17, 15) is 17.6 Å². The minimum atomic E-state index is -3.14. The van der Waals surface area contributed by atoms with Gasteiger partial charge in [0.2, 0.25) is 0 Å². The monoisotopic (exact) mass is 492 g/mol. The summed E-state index contributed by atoms with van der Waals surface area (Å²) >= 11 is 0. The van der Waals surface area contributed by atoms with Gasteiger partial charge in [-0.2, -0.15) is 5.10 Å². The topological polar surface area (TPSA) is 93.9 Å². The van der Waals surface area contributed by atoms with Crippen LogP contribution in [0.25, 0.3) is 22.3 Å². The number of amides is 1. The summed E-state index contributed by atoms with van der Waals surface area (Å²) in [6, 6.07) is 17.1. The Morgan fingerprint density at radius 3 is 2.57 bits per heavy atom.